The minimum atomic E-state index is -4.50. The summed E-state index contributed by atoms with van der Waals surface area (Å²) in [6.07, 6.45) is -2.47. The first kappa shape index (κ1) is 28.9. The number of aliphatic hydroxyl groups is 1. The number of aliphatic hydroxyl groups excluding tert-OH is 1. The molecule has 2 aromatic rings. The van der Waals surface area contributed by atoms with Crippen LogP contribution in [0.4, 0.5) is 18.9 Å². The number of carbonyl (C=O) groups excluding carboxylic acids is 1. The Balaban J connectivity index is 1.87. The van der Waals surface area contributed by atoms with Crippen LogP contribution in [0.15, 0.2) is 70.5 Å². The van der Waals surface area contributed by atoms with Gasteiger partial charge in [0, 0.05) is 19.2 Å². The Hall–Kier alpha value is -3.70. The first-order valence-corrected chi connectivity index (χ1v) is 12.0. The van der Waals surface area contributed by atoms with Crippen LogP contribution in [0.2, 0.25) is 5.02 Å². The molecule has 0 radical (unpaired) electrons. The highest BCUT2D eigenvalue weighted by Crippen LogP contribution is 2.36. The van der Waals surface area contributed by atoms with Crippen LogP contribution in [0, 0.1) is 0 Å². The number of nitrogens with one attached hydrogen (secondary N) is 3. The second-order valence-corrected chi connectivity index (χ2v) is 9.53. The first-order valence-electron chi connectivity index (χ1n) is 11.6. The maximum Gasteiger partial charge on any atom is 0.416 e. The molecule has 0 atom stereocenters. The van der Waals surface area contributed by atoms with Crippen molar-refractivity contribution in [1.29, 1.82) is 0 Å². The predicted octanol–water partition coefficient (Wildman–Crippen LogP) is 4.38. The van der Waals surface area contributed by atoms with Crippen molar-refractivity contribution in [1.82, 2.24) is 16.0 Å². The van der Waals surface area contributed by atoms with Crippen LogP contribution >= 0.6 is 11.6 Å². The van der Waals surface area contributed by atoms with E-state index in [9.17, 15) is 23.1 Å². The van der Waals surface area contributed by atoms with Crippen LogP contribution in [0.3, 0.4) is 0 Å². The summed E-state index contributed by atoms with van der Waals surface area (Å²) in [7, 11) is 1.69. The van der Waals surface area contributed by atoms with Gasteiger partial charge in [-0.2, -0.15) is 13.2 Å². The number of nitrogens with two attached hydrogens (primary N) is 1. The SMILES string of the molecule is CNC1=C(C(N)=Nc2ccc(Oc3cccc(C(F)(F)F)c3)c(Cl)c2)C=C(C(=O)NC(C)(C)CO)CCN1. The third-order valence-electron chi connectivity index (χ3n) is 5.50. The molecule has 0 aromatic heterocycles. The van der Waals surface area contributed by atoms with Gasteiger partial charge in [0.25, 0.3) is 0 Å². The molecule has 0 spiro atoms. The lowest BCUT2D eigenvalue weighted by Gasteiger charge is -2.24. The molecule has 0 aliphatic carbocycles. The Morgan fingerprint density at radius 3 is 2.61 bits per heavy atom. The molecular formula is C26H29ClF3N5O3. The quantitative estimate of drug-likeness (QED) is 0.245. The van der Waals surface area contributed by atoms with Gasteiger partial charge in [-0.1, -0.05) is 17.7 Å². The largest absolute Gasteiger partial charge is 0.456 e. The molecule has 3 rings (SSSR count). The number of halogens is 4. The third-order valence-corrected chi connectivity index (χ3v) is 5.80. The van der Waals surface area contributed by atoms with E-state index in [0.29, 0.717) is 35.6 Å². The lowest BCUT2D eigenvalue weighted by atomic mass is 10.0. The predicted molar refractivity (Wildman–Crippen MR) is 140 cm³/mol. The Morgan fingerprint density at radius 1 is 1.24 bits per heavy atom. The Bertz CT molecular complexity index is 1290. The number of amidine groups is 1. The molecule has 0 saturated carbocycles. The molecule has 0 bridgehead atoms. The fourth-order valence-electron chi connectivity index (χ4n) is 3.47. The number of nitrogens with zero attached hydrogens (tertiary/aromatic N) is 1. The van der Waals surface area contributed by atoms with Crippen LogP contribution in [0.5, 0.6) is 11.5 Å². The van der Waals surface area contributed by atoms with Gasteiger partial charge in [-0.15, -0.1) is 0 Å². The summed E-state index contributed by atoms with van der Waals surface area (Å²) in [6.45, 7) is 3.64. The number of alkyl halides is 3. The molecule has 204 valence electrons. The molecule has 38 heavy (non-hydrogen) atoms. The van der Waals surface area contributed by atoms with Crippen molar-refractivity contribution in [2.45, 2.75) is 32.0 Å². The number of benzene rings is 2. The van der Waals surface area contributed by atoms with Crippen molar-refractivity contribution in [2.24, 2.45) is 10.7 Å². The molecule has 12 heteroatoms. The van der Waals surface area contributed by atoms with Crippen molar-refractivity contribution >= 4 is 29.0 Å². The summed E-state index contributed by atoms with van der Waals surface area (Å²) in [5, 5.41) is 18.6. The molecule has 1 aliphatic rings. The molecule has 1 aliphatic heterocycles. The third kappa shape index (κ3) is 7.42. The molecule has 0 unspecified atom stereocenters. The molecule has 6 N–H and O–H groups in total. The number of carbonyl (C=O) groups is 1. The van der Waals surface area contributed by atoms with E-state index >= 15 is 0 Å². The monoisotopic (exact) mass is 551 g/mol. The van der Waals surface area contributed by atoms with Crippen LogP contribution in [-0.2, 0) is 11.0 Å². The highest BCUT2D eigenvalue weighted by molar-refractivity contribution is 6.32. The van der Waals surface area contributed by atoms with Gasteiger partial charge in [0.05, 0.1) is 34.0 Å². The Morgan fingerprint density at radius 2 is 1.97 bits per heavy atom. The molecular weight excluding hydrogens is 523 g/mol. The zero-order valence-corrected chi connectivity index (χ0v) is 21.8. The second kappa shape index (κ2) is 11.8. The number of rotatable bonds is 8. The maximum absolute atomic E-state index is 13.0. The van der Waals surface area contributed by atoms with Gasteiger partial charge >= 0.3 is 6.18 Å². The summed E-state index contributed by atoms with van der Waals surface area (Å²) in [5.41, 5.74) is 5.92. The van der Waals surface area contributed by atoms with Crippen molar-refractivity contribution in [3.8, 4) is 11.5 Å². The standard InChI is InChI=1S/C26H29ClF3N5O3/c1-25(2,14-36)35-24(37)15-9-10-33-23(32-3)19(11-15)22(31)34-17-7-8-21(20(27)13-17)38-18-6-4-5-16(12-18)26(28,29)30/h4-8,11-13,32-33,36H,9-10,14H2,1-3H3,(H2,31,34)(H,35,37). The lowest BCUT2D eigenvalue weighted by Crippen LogP contribution is -2.47. The molecule has 2 aromatic carbocycles. The number of hydrogen-bond donors (Lipinski definition) is 5. The van der Waals surface area contributed by atoms with E-state index in [-0.39, 0.29) is 34.9 Å². The van der Waals surface area contributed by atoms with E-state index in [2.05, 4.69) is 20.9 Å². The van der Waals surface area contributed by atoms with E-state index in [1.54, 1.807) is 33.0 Å². The second-order valence-electron chi connectivity index (χ2n) is 9.12. The number of amides is 1. The summed E-state index contributed by atoms with van der Waals surface area (Å²) < 4.78 is 44.5. The van der Waals surface area contributed by atoms with Crippen LogP contribution in [-0.4, -0.2) is 42.6 Å². The normalized spacial score (nSPS) is 14.8. The first-order chi connectivity index (χ1) is 17.8. The lowest BCUT2D eigenvalue weighted by molar-refractivity contribution is -0.137. The summed E-state index contributed by atoms with van der Waals surface area (Å²) in [5.74, 6) is 0.420. The van der Waals surface area contributed by atoms with Gasteiger partial charge in [0.15, 0.2) is 0 Å². The van der Waals surface area contributed by atoms with Crippen LogP contribution < -0.4 is 26.4 Å². The maximum atomic E-state index is 13.0. The Labute approximate surface area is 223 Å². The smallest absolute Gasteiger partial charge is 0.416 e. The zero-order chi connectivity index (χ0) is 28.1. The van der Waals surface area contributed by atoms with Gasteiger partial charge in [0.2, 0.25) is 5.91 Å². The summed E-state index contributed by atoms with van der Waals surface area (Å²) >= 11 is 6.32. The van der Waals surface area contributed by atoms with Gasteiger partial charge in [-0.05, 0) is 62.7 Å². The van der Waals surface area contributed by atoms with Crippen LogP contribution in [0.1, 0.15) is 25.8 Å². The number of aliphatic imine (C=N–C) groups is 1. The fourth-order valence-corrected chi connectivity index (χ4v) is 3.68. The summed E-state index contributed by atoms with van der Waals surface area (Å²) in [6, 6.07) is 8.94. The highest BCUT2D eigenvalue weighted by atomic mass is 35.5. The average Bonchev–Trinajstić information content (AvgIpc) is 3.08. The minimum Gasteiger partial charge on any atom is -0.456 e. The molecule has 0 fully saturated rings. The molecule has 1 heterocycles. The topological polar surface area (TPSA) is 121 Å². The molecule has 8 nitrogen and oxygen atoms in total. The number of hydrogen-bond acceptors (Lipinski definition) is 6. The highest BCUT2D eigenvalue weighted by Gasteiger charge is 2.30. The van der Waals surface area contributed by atoms with Crippen molar-refractivity contribution in [3.05, 3.63) is 76.1 Å². The van der Waals surface area contributed by atoms with Crippen molar-refractivity contribution in [3.63, 3.8) is 0 Å². The van der Waals surface area contributed by atoms with Gasteiger partial charge in [-0.25, -0.2) is 4.99 Å². The fraction of sp³-hybridized carbons (Fsp3) is 0.308. The van der Waals surface area contributed by atoms with Gasteiger partial charge in [-0.3, -0.25) is 4.79 Å². The average molecular weight is 552 g/mol. The molecule has 1 amide bonds. The number of ether oxygens (including phenoxy) is 1. The van der Waals surface area contributed by atoms with Crippen LogP contribution in [0.25, 0.3) is 0 Å². The zero-order valence-electron chi connectivity index (χ0n) is 21.0. The van der Waals surface area contributed by atoms with Crippen molar-refractivity contribution < 1.29 is 27.8 Å². The van der Waals surface area contributed by atoms with E-state index in [0.717, 1.165) is 12.1 Å². The minimum absolute atomic E-state index is 0.0221. The van der Waals surface area contributed by atoms with Gasteiger partial charge in [0.1, 0.15) is 23.2 Å². The van der Waals surface area contributed by atoms with E-state index in [4.69, 9.17) is 22.1 Å². The van der Waals surface area contributed by atoms with Gasteiger partial charge < -0.3 is 31.5 Å². The summed E-state index contributed by atoms with van der Waals surface area (Å²) in [4.78, 5) is 17.2. The van der Waals surface area contributed by atoms with E-state index in [1.165, 1.54) is 24.3 Å². The van der Waals surface area contributed by atoms with E-state index in [1.807, 2.05) is 0 Å². The van der Waals surface area contributed by atoms with Crippen molar-refractivity contribution in [2.75, 3.05) is 20.2 Å². The molecule has 0 saturated heterocycles. The van der Waals surface area contributed by atoms with E-state index < -0.39 is 17.3 Å². The Kier molecular flexibility index (Phi) is 8.95.